The lowest BCUT2D eigenvalue weighted by Crippen LogP contribution is -2.32. The van der Waals surface area contributed by atoms with Gasteiger partial charge in [0.25, 0.3) is 11.5 Å². The molecule has 0 saturated heterocycles. The molecule has 2 N–H and O–H groups in total. The number of benzene rings is 1. The third-order valence-corrected chi connectivity index (χ3v) is 7.46. The maximum atomic E-state index is 13.1. The molecule has 1 aliphatic rings. The van der Waals surface area contributed by atoms with Gasteiger partial charge in [0.05, 0.1) is 16.4 Å². The van der Waals surface area contributed by atoms with Gasteiger partial charge in [0.1, 0.15) is 23.5 Å². The predicted molar refractivity (Wildman–Crippen MR) is 142 cm³/mol. The van der Waals surface area contributed by atoms with Crippen LogP contribution < -0.4 is 20.3 Å². The molecule has 0 radical (unpaired) electrons. The maximum Gasteiger partial charge on any atom is 0.263 e. The average molecular weight is 513 g/mol. The van der Waals surface area contributed by atoms with E-state index in [2.05, 4.69) is 26.1 Å². The largest absolute Gasteiger partial charge is 0.475 e. The van der Waals surface area contributed by atoms with Gasteiger partial charge in [0, 0.05) is 31.4 Å². The van der Waals surface area contributed by atoms with Crippen LogP contribution in [0.3, 0.4) is 0 Å². The Morgan fingerprint density at radius 1 is 1.16 bits per heavy atom. The fraction of sp³-hybridized carbons (Fsp3) is 0.222. The number of nitrogens with zero attached hydrogens (tertiary/aromatic N) is 4. The molecule has 37 heavy (non-hydrogen) atoms. The Balaban J connectivity index is 1.30. The second kappa shape index (κ2) is 10.3. The molecule has 1 saturated carbocycles. The quantitative estimate of drug-likeness (QED) is 0.325. The zero-order chi connectivity index (χ0) is 25.8. The van der Waals surface area contributed by atoms with Gasteiger partial charge >= 0.3 is 0 Å². The Morgan fingerprint density at radius 2 is 1.97 bits per heavy atom. The van der Waals surface area contributed by atoms with Crippen molar-refractivity contribution in [3.05, 3.63) is 94.0 Å². The Labute approximate surface area is 217 Å². The van der Waals surface area contributed by atoms with Crippen LogP contribution in [0, 0.1) is 11.3 Å². The van der Waals surface area contributed by atoms with E-state index in [4.69, 9.17) is 10.00 Å². The predicted octanol–water partition coefficient (Wildman–Crippen LogP) is 3.80. The summed E-state index contributed by atoms with van der Waals surface area (Å²) in [5.41, 5.74) is 1.51. The second-order valence-corrected chi connectivity index (χ2v) is 10.1. The summed E-state index contributed by atoms with van der Waals surface area (Å²) in [5.74, 6) is 0.667. The molecule has 0 aliphatic heterocycles. The van der Waals surface area contributed by atoms with E-state index in [-0.39, 0.29) is 16.9 Å². The first-order chi connectivity index (χ1) is 18.0. The van der Waals surface area contributed by atoms with E-state index in [1.807, 2.05) is 18.2 Å². The summed E-state index contributed by atoms with van der Waals surface area (Å²) < 4.78 is 10.7. The number of hydrogen-bond donors (Lipinski definition) is 2. The Morgan fingerprint density at radius 3 is 2.68 bits per heavy atom. The number of carbonyl (C=O) groups is 1. The van der Waals surface area contributed by atoms with E-state index in [1.165, 1.54) is 4.57 Å². The maximum absolute atomic E-state index is 13.1. The zero-order valence-corrected chi connectivity index (χ0v) is 20.9. The van der Waals surface area contributed by atoms with Crippen molar-refractivity contribution >= 4 is 34.6 Å². The zero-order valence-electron chi connectivity index (χ0n) is 20.1. The first-order valence-electron chi connectivity index (χ1n) is 11.7. The van der Waals surface area contributed by atoms with Crippen molar-refractivity contribution in [3.63, 3.8) is 0 Å². The van der Waals surface area contributed by atoms with Gasteiger partial charge in [-0.1, -0.05) is 18.2 Å². The van der Waals surface area contributed by atoms with Crippen molar-refractivity contribution < 1.29 is 9.53 Å². The SMILES string of the molecule is Cn1c(=O)c(C(=O)NCc2ccc(C#N)cc2)cc2ccnc(OCC3(SNc4ccccn4)CC3)c21. The van der Waals surface area contributed by atoms with Gasteiger partial charge in [0.15, 0.2) is 0 Å². The van der Waals surface area contributed by atoms with Gasteiger partial charge in [-0.05, 0) is 66.8 Å². The number of nitriles is 1. The normalized spacial score (nSPS) is 13.5. The number of pyridine rings is 3. The van der Waals surface area contributed by atoms with Crippen molar-refractivity contribution in [2.45, 2.75) is 24.1 Å². The van der Waals surface area contributed by atoms with Crippen LogP contribution in [0.1, 0.15) is 34.3 Å². The highest BCUT2D eigenvalue weighted by Crippen LogP contribution is 2.48. The molecule has 9 nitrogen and oxygen atoms in total. The number of aromatic nitrogens is 3. The van der Waals surface area contributed by atoms with E-state index in [9.17, 15) is 9.59 Å². The van der Waals surface area contributed by atoms with Gasteiger partial charge in [0.2, 0.25) is 5.88 Å². The number of ether oxygens (including phenoxy) is 1. The van der Waals surface area contributed by atoms with Crippen molar-refractivity contribution in [1.29, 1.82) is 5.26 Å². The molecule has 1 aliphatic carbocycles. The number of anilines is 1. The molecule has 0 spiro atoms. The summed E-state index contributed by atoms with van der Waals surface area (Å²) in [6, 6.07) is 18.0. The van der Waals surface area contributed by atoms with Gasteiger partial charge < -0.3 is 19.3 Å². The van der Waals surface area contributed by atoms with E-state index in [1.54, 1.807) is 67.8 Å². The summed E-state index contributed by atoms with van der Waals surface area (Å²) in [7, 11) is 1.61. The monoisotopic (exact) mass is 512 g/mol. The van der Waals surface area contributed by atoms with Crippen molar-refractivity contribution in [3.8, 4) is 11.9 Å². The standard InChI is InChI=1S/C27H24N6O3S/c1-33-23-20(14-21(26(33)35)24(34)31-16-19-7-5-18(15-28)6-8-19)9-13-30-25(23)36-17-27(10-11-27)37-32-22-4-2-3-12-29-22/h2-9,12-14H,10-11,16-17H2,1H3,(H,29,32)(H,31,34). The van der Waals surface area contributed by atoms with Crippen LogP contribution in [0.5, 0.6) is 5.88 Å². The highest BCUT2D eigenvalue weighted by molar-refractivity contribution is 8.02. The molecule has 4 aromatic rings. The van der Waals surface area contributed by atoms with Crippen LogP contribution in [0.25, 0.3) is 10.9 Å². The number of amides is 1. The van der Waals surface area contributed by atoms with Gasteiger partial charge in [-0.2, -0.15) is 5.26 Å². The summed E-state index contributed by atoms with van der Waals surface area (Å²) in [5, 5.41) is 12.4. The van der Waals surface area contributed by atoms with Crippen molar-refractivity contribution in [2.75, 3.05) is 11.3 Å². The number of carbonyl (C=O) groups excluding carboxylic acids is 1. The third-order valence-electron chi connectivity index (χ3n) is 6.19. The molecule has 3 heterocycles. The highest BCUT2D eigenvalue weighted by atomic mass is 32.2. The van der Waals surface area contributed by atoms with Crippen molar-refractivity contribution in [1.82, 2.24) is 19.9 Å². The van der Waals surface area contributed by atoms with E-state index >= 15 is 0 Å². The fourth-order valence-electron chi connectivity index (χ4n) is 3.84. The number of rotatable bonds is 9. The Bertz CT molecular complexity index is 1540. The molecule has 186 valence electrons. The number of hydrogen-bond acceptors (Lipinski definition) is 8. The molecule has 1 fully saturated rings. The highest BCUT2D eigenvalue weighted by Gasteiger charge is 2.45. The molecule has 5 rings (SSSR count). The molecule has 0 unspecified atom stereocenters. The molecule has 0 atom stereocenters. The van der Waals surface area contributed by atoms with Crippen LogP contribution in [0.15, 0.2) is 71.8 Å². The second-order valence-electron chi connectivity index (χ2n) is 8.86. The molecular weight excluding hydrogens is 488 g/mol. The Hall–Kier alpha value is -4.36. The summed E-state index contributed by atoms with van der Waals surface area (Å²) in [6.07, 6.45) is 5.33. The third kappa shape index (κ3) is 5.42. The average Bonchev–Trinajstić information content (AvgIpc) is 3.72. The van der Waals surface area contributed by atoms with Crippen LogP contribution in [0.4, 0.5) is 5.82 Å². The molecule has 1 aromatic carbocycles. The van der Waals surface area contributed by atoms with E-state index in [0.29, 0.717) is 29.0 Å². The number of fused-ring (bicyclic) bond motifs is 1. The van der Waals surface area contributed by atoms with Crippen molar-refractivity contribution in [2.24, 2.45) is 7.05 Å². The number of nitrogens with one attached hydrogen (secondary N) is 2. The van der Waals surface area contributed by atoms with Crippen LogP contribution >= 0.6 is 11.9 Å². The minimum absolute atomic E-state index is 0.0366. The molecular formula is C27H24N6O3S. The summed E-state index contributed by atoms with van der Waals surface area (Å²) >= 11 is 1.58. The van der Waals surface area contributed by atoms with Gasteiger partial charge in [-0.3, -0.25) is 9.59 Å². The lowest BCUT2D eigenvalue weighted by molar-refractivity contribution is 0.0949. The Kier molecular flexibility index (Phi) is 6.79. The van der Waals surface area contributed by atoms with Crippen LogP contribution in [-0.2, 0) is 13.6 Å². The number of aryl methyl sites for hydroxylation is 1. The topological polar surface area (TPSA) is 122 Å². The molecule has 3 aromatic heterocycles. The fourth-order valence-corrected chi connectivity index (χ4v) is 4.71. The lowest BCUT2D eigenvalue weighted by Gasteiger charge is -2.18. The van der Waals surface area contributed by atoms with E-state index in [0.717, 1.165) is 24.2 Å². The smallest absolute Gasteiger partial charge is 0.263 e. The molecule has 10 heteroatoms. The molecule has 1 amide bonds. The lowest BCUT2D eigenvalue weighted by atomic mass is 10.1. The summed E-state index contributed by atoms with van der Waals surface area (Å²) in [6.45, 7) is 0.660. The van der Waals surface area contributed by atoms with Crippen LogP contribution in [-0.4, -0.2) is 31.8 Å². The van der Waals surface area contributed by atoms with Crippen LogP contribution in [0.2, 0.25) is 0 Å². The first-order valence-corrected chi connectivity index (χ1v) is 12.5. The van der Waals surface area contributed by atoms with Gasteiger partial charge in [-0.15, -0.1) is 0 Å². The first kappa shape index (κ1) is 24.3. The van der Waals surface area contributed by atoms with Gasteiger partial charge in [-0.25, -0.2) is 9.97 Å². The molecule has 0 bridgehead atoms. The minimum atomic E-state index is -0.472. The minimum Gasteiger partial charge on any atom is -0.475 e. The van der Waals surface area contributed by atoms with E-state index < -0.39 is 11.5 Å². The summed E-state index contributed by atoms with van der Waals surface area (Å²) in [4.78, 5) is 34.6.